The Hall–Kier alpha value is -4.86. The van der Waals surface area contributed by atoms with Crippen LogP contribution in [0.1, 0.15) is 39.0 Å². The number of ether oxygens (including phenoxy) is 2. The summed E-state index contributed by atoms with van der Waals surface area (Å²) in [6.07, 6.45) is -0.523. The van der Waals surface area contributed by atoms with Gasteiger partial charge in [-0.3, -0.25) is 24.5 Å². The fourth-order valence-electron chi connectivity index (χ4n) is 4.86. The Labute approximate surface area is 219 Å². The monoisotopic (exact) mass is 513 g/mol. The van der Waals surface area contributed by atoms with E-state index in [2.05, 4.69) is 10.4 Å². The summed E-state index contributed by atoms with van der Waals surface area (Å²) < 4.78 is 12.5. The second-order valence-electron chi connectivity index (χ2n) is 8.97. The molecule has 5 rings (SSSR count). The fourth-order valence-corrected chi connectivity index (χ4v) is 4.86. The third-order valence-corrected chi connectivity index (χ3v) is 6.74. The zero-order valence-electron chi connectivity index (χ0n) is 21.5. The van der Waals surface area contributed by atoms with Crippen LogP contribution in [-0.2, 0) is 6.54 Å². The molecular weight excluding hydrogens is 486 g/mol. The summed E-state index contributed by atoms with van der Waals surface area (Å²) in [5, 5.41) is 19.4. The molecule has 1 amide bonds. The van der Waals surface area contributed by atoms with Gasteiger partial charge in [0.1, 0.15) is 29.1 Å². The molecule has 3 aromatic carbocycles. The van der Waals surface area contributed by atoms with E-state index in [4.69, 9.17) is 9.47 Å². The van der Waals surface area contributed by atoms with Gasteiger partial charge in [-0.05, 0) is 67.9 Å². The summed E-state index contributed by atoms with van der Waals surface area (Å²) in [5.74, 6) is 1.16. The van der Waals surface area contributed by atoms with E-state index in [1.807, 2.05) is 60.7 Å². The van der Waals surface area contributed by atoms with Gasteiger partial charge in [0.15, 0.2) is 0 Å². The van der Waals surface area contributed by atoms with Crippen molar-refractivity contribution in [1.29, 1.82) is 0 Å². The van der Waals surface area contributed by atoms with E-state index in [-0.39, 0.29) is 18.1 Å². The highest BCUT2D eigenvalue weighted by Crippen LogP contribution is 2.38. The normalized spacial score (nSPS) is 14.6. The second kappa shape index (κ2) is 9.89. The van der Waals surface area contributed by atoms with Crippen molar-refractivity contribution in [3.05, 3.63) is 105 Å². The van der Waals surface area contributed by atoms with E-state index >= 15 is 0 Å². The number of carbonyl (C=O) groups is 1. The number of hydrogen-bond donors (Lipinski definition) is 1. The van der Waals surface area contributed by atoms with Gasteiger partial charge in [0, 0.05) is 16.9 Å². The second-order valence-corrected chi connectivity index (χ2v) is 8.97. The van der Waals surface area contributed by atoms with Crippen LogP contribution in [0.5, 0.6) is 11.5 Å². The Morgan fingerprint density at radius 1 is 1.03 bits per heavy atom. The van der Waals surface area contributed by atoms with Gasteiger partial charge in [-0.2, -0.15) is 5.10 Å². The van der Waals surface area contributed by atoms with Crippen molar-refractivity contribution in [3.8, 4) is 11.5 Å². The van der Waals surface area contributed by atoms with E-state index < -0.39 is 11.1 Å². The number of nitrogens with zero attached hydrogens (tertiary/aromatic N) is 4. The smallest absolute Gasteiger partial charge is 0.312 e. The maximum absolute atomic E-state index is 13.8. The number of rotatable bonds is 7. The van der Waals surface area contributed by atoms with Crippen LogP contribution in [0.4, 0.5) is 17.1 Å². The number of carbonyl (C=O) groups excluding carboxylic acids is 1. The molecule has 1 aliphatic rings. The molecule has 0 radical (unpaired) electrons. The minimum absolute atomic E-state index is 0.00181. The van der Waals surface area contributed by atoms with Crippen LogP contribution < -0.4 is 19.7 Å². The number of nitrogens with one attached hydrogen (secondary N) is 1. The number of fused-ring (bicyclic) bond motifs is 1. The number of para-hydroxylation sites is 1. The first-order chi connectivity index (χ1) is 18.3. The van der Waals surface area contributed by atoms with Crippen molar-refractivity contribution in [2.24, 2.45) is 0 Å². The molecule has 0 spiro atoms. The number of hydrogen-bond acceptors (Lipinski definition) is 7. The van der Waals surface area contributed by atoms with Gasteiger partial charge >= 0.3 is 5.69 Å². The molecule has 0 bridgehead atoms. The van der Waals surface area contributed by atoms with Gasteiger partial charge in [0.25, 0.3) is 5.91 Å². The number of anilines is 2. The molecule has 4 aromatic rings. The highest BCUT2D eigenvalue weighted by atomic mass is 16.6. The molecular formula is C28H27N5O5. The highest BCUT2D eigenvalue weighted by Gasteiger charge is 2.34. The molecule has 1 N–H and O–H groups in total. The predicted octanol–water partition coefficient (Wildman–Crippen LogP) is 5.24. The van der Waals surface area contributed by atoms with Crippen molar-refractivity contribution in [3.63, 3.8) is 0 Å². The zero-order valence-corrected chi connectivity index (χ0v) is 21.5. The minimum Gasteiger partial charge on any atom is -0.497 e. The molecule has 1 unspecified atom stereocenters. The van der Waals surface area contributed by atoms with Crippen molar-refractivity contribution in [2.45, 2.75) is 26.6 Å². The summed E-state index contributed by atoms with van der Waals surface area (Å²) in [7, 11) is 3.17. The van der Waals surface area contributed by atoms with Gasteiger partial charge < -0.3 is 14.8 Å². The van der Waals surface area contributed by atoms with E-state index in [0.717, 1.165) is 16.8 Å². The third kappa shape index (κ3) is 4.30. The number of nitro groups is 1. The molecule has 1 aliphatic heterocycles. The molecule has 38 heavy (non-hydrogen) atoms. The maximum Gasteiger partial charge on any atom is 0.312 e. The molecule has 1 atom stereocenters. The molecule has 10 nitrogen and oxygen atoms in total. The lowest BCUT2D eigenvalue weighted by atomic mass is 10.0. The standard InChI is InChI=1S/C28H27N5O5/c1-17-26(33(35)36)18(2)31(30-17)16-20-15-19(9-14-25(20)38-4)27-29-24-8-6-5-7-23(24)28(34)32(27)21-10-12-22(37-3)13-11-21/h5-15,27,29H,16H2,1-4H3. The van der Waals surface area contributed by atoms with E-state index in [1.165, 1.54) is 0 Å². The Bertz CT molecular complexity index is 1530. The number of methoxy groups -OCH3 is 2. The summed E-state index contributed by atoms with van der Waals surface area (Å²) in [6, 6.07) is 20.4. The Morgan fingerprint density at radius 3 is 2.42 bits per heavy atom. The molecule has 1 aromatic heterocycles. The van der Waals surface area contributed by atoms with Crippen molar-refractivity contribution in [1.82, 2.24) is 9.78 Å². The first kappa shape index (κ1) is 24.8. The average molecular weight is 514 g/mol. The molecule has 2 heterocycles. The third-order valence-electron chi connectivity index (χ3n) is 6.74. The predicted molar refractivity (Wildman–Crippen MR) is 143 cm³/mol. The van der Waals surface area contributed by atoms with Crippen LogP contribution in [0, 0.1) is 24.0 Å². The minimum atomic E-state index is -0.523. The summed E-state index contributed by atoms with van der Waals surface area (Å²) in [6.45, 7) is 3.56. The Kier molecular flexibility index (Phi) is 6.46. The van der Waals surface area contributed by atoms with Gasteiger partial charge in [-0.25, -0.2) is 0 Å². The number of amides is 1. The summed E-state index contributed by atoms with van der Waals surface area (Å²) in [4.78, 5) is 26.6. The van der Waals surface area contributed by atoms with Gasteiger partial charge in [-0.1, -0.05) is 18.2 Å². The largest absolute Gasteiger partial charge is 0.497 e. The Morgan fingerprint density at radius 2 is 1.76 bits per heavy atom. The lowest BCUT2D eigenvalue weighted by molar-refractivity contribution is -0.386. The SMILES string of the molecule is COc1ccc(N2C(=O)c3ccccc3NC2c2ccc(OC)c(Cn3nc(C)c([N+](=O)[O-])c3C)c2)cc1. The van der Waals surface area contributed by atoms with Gasteiger partial charge in [0.2, 0.25) is 0 Å². The van der Waals surface area contributed by atoms with Crippen LogP contribution >= 0.6 is 0 Å². The maximum atomic E-state index is 13.8. The lowest BCUT2D eigenvalue weighted by Gasteiger charge is -2.38. The van der Waals surface area contributed by atoms with Crippen LogP contribution in [-0.4, -0.2) is 34.8 Å². The van der Waals surface area contributed by atoms with Crippen molar-refractivity contribution >= 4 is 23.0 Å². The molecule has 0 aliphatic carbocycles. The number of aromatic nitrogens is 2. The highest BCUT2D eigenvalue weighted by molar-refractivity contribution is 6.12. The van der Waals surface area contributed by atoms with Crippen molar-refractivity contribution < 1.29 is 19.2 Å². The van der Waals surface area contributed by atoms with Crippen LogP contribution in [0.25, 0.3) is 0 Å². The first-order valence-electron chi connectivity index (χ1n) is 12.0. The van der Waals surface area contributed by atoms with Crippen LogP contribution in [0.2, 0.25) is 0 Å². The topological polar surface area (TPSA) is 112 Å². The molecule has 0 saturated carbocycles. The number of aryl methyl sites for hydroxylation is 1. The van der Waals surface area contributed by atoms with E-state index in [0.29, 0.717) is 34.1 Å². The zero-order chi connectivity index (χ0) is 27.0. The van der Waals surface area contributed by atoms with Gasteiger partial charge in [0.05, 0.1) is 31.3 Å². The quantitative estimate of drug-likeness (QED) is 0.265. The molecule has 0 fully saturated rings. The lowest BCUT2D eigenvalue weighted by Crippen LogP contribution is -2.43. The Balaban J connectivity index is 1.59. The summed E-state index contributed by atoms with van der Waals surface area (Å²) in [5.41, 5.74) is 4.41. The van der Waals surface area contributed by atoms with E-state index in [1.54, 1.807) is 43.7 Å². The molecule has 194 valence electrons. The molecule has 0 saturated heterocycles. The van der Waals surface area contributed by atoms with Crippen molar-refractivity contribution in [2.75, 3.05) is 24.4 Å². The van der Waals surface area contributed by atoms with Crippen LogP contribution in [0.15, 0.2) is 66.7 Å². The van der Waals surface area contributed by atoms with E-state index in [9.17, 15) is 14.9 Å². The molecule has 10 heteroatoms. The fraction of sp³-hybridized carbons (Fsp3) is 0.214. The first-order valence-corrected chi connectivity index (χ1v) is 12.0. The average Bonchev–Trinajstić information content (AvgIpc) is 3.21. The summed E-state index contributed by atoms with van der Waals surface area (Å²) >= 11 is 0. The van der Waals surface area contributed by atoms with Gasteiger partial charge in [-0.15, -0.1) is 0 Å². The van der Waals surface area contributed by atoms with Crippen LogP contribution in [0.3, 0.4) is 0 Å². The number of benzene rings is 3.